The molecule has 1 aliphatic carbocycles. The maximum atomic E-state index is 12.7. The van der Waals surface area contributed by atoms with Crippen molar-refractivity contribution >= 4 is 6.03 Å². The van der Waals surface area contributed by atoms with Crippen molar-refractivity contribution in [1.82, 2.24) is 20.0 Å². The number of carbonyl (C=O) groups excluding carboxylic acids is 1. The third-order valence-electron chi connectivity index (χ3n) is 7.96. The summed E-state index contributed by atoms with van der Waals surface area (Å²) in [7, 11) is 0. The molecule has 4 rings (SSSR count). The van der Waals surface area contributed by atoms with Gasteiger partial charge in [0.15, 0.2) is 0 Å². The van der Waals surface area contributed by atoms with E-state index in [4.69, 9.17) is 4.74 Å². The second kappa shape index (κ2) is 9.52. The minimum atomic E-state index is -0.000280. The summed E-state index contributed by atoms with van der Waals surface area (Å²) in [6.07, 6.45) is 10.4. The van der Waals surface area contributed by atoms with Crippen LogP contribution in [-0.4, -0.2) is 90.3 Å². The van der Waals surface area contributed by atoms with Crippen LogP contribution in [0.3, 0.4) is 0 Å². The Kier molecular flexibility index (Phi) is 7.02. The van der Waals surface area contributed by atoms with Gasteiger partial charge in [-0.1, -0.05) is 19.3 Å². The Morgan fingerprint density at radius 2 is 1.66 bits per heavy atom. The molecule has 0 aromatic carbocycles. The first-order valence-electron chi connectivity index (χ1n) is 12.2. The van der Waals surface area contributed by atoms with E-state index in [-0.39, 0.29) is 11.6 Å². The highest BCUT2D eigenvalue weighted by Gasteiger charge is 2.43. The van der Waals surface area contributed by atoms with Gasteiger partial charge in [0, 0.05) is 64.0 Å². The normalized spacial score (nSPS) is 30.0. The third-order valence-corrected chi connectivity index (χ3v) is 7.96. The van der Waals surface area contributed by atoms with Crippen LogP contribution in [0.25, 0.3) is 0 Å². The van der Waals surface area contributed by atoms with Gasteiger partial charge in [0.05, 0.1) is 5.60 Å². The van der Waals surface area contributed by atoms with E-state index in [1.807, 2.05) is 4.90 Å². The molecule has 3 aliphatic heterocycles. The zero-order valence-electron chi connectivity index (χ0n) is 18.7. The number of likely N-dealkylation sites (tertiary alicyclic amines) is 1. The number of piperazine rings is 1. The van der Waals surface area contributed by atoms with Gasteiger partial charge in [0.1, 0.15) is 0 Å². The van der Waals surface area contributed by atoms with E-state index in [1.54, 1.807) is 0 Å². The molecular formula is C23H42N4O2. The van der Waals surface area contributed by atoms with Gasteiger partial charge in [-0.2, -0.15) is 0 Å². The summed E-state index contributed by atoms with van der Waals surface area (Å²) in [6, 6.07) is 1.86. The molecule has 4 fully saturated rings. The van der Waals surface area contributed by atoms with E-state index < -0.39 is 0 Å². The Hall–Kier alpha value is -0.850. The van der Waals surface area contributed by atoms with Gasteiger partial charge >= 0.3 is 6.03 Å². The van der Waals surface area contributed by atoms with E-state index in [2.05, 4.69) is 29.0 Å². The summed E-state index contributed by atoms with van der Waals surface area (Å²) in [4.78, 5) is 20.0. The lowest BCUT2D eigenvalue weighted by Gasteiger charge is -2.50. The monoisotopic (exact) mass is 406 g/mol. The van der Waals surface area contributed by atoms with Crippen LogP contribution in [0.1, 0.15) is 71.6 Å². The summed E-state index contributed by atoms with van der Waals surface area (Å²) >= 11 is 0. The Labute approximate surface area is 177 Å². The Morgan fingerprint density at radius 3 is 2.31 bits per heavy atom. The number of hydrogen-bond acceptors (Lipinski definition) is 4. The highest BCUT2D eigenvalue weighted by atomic mass is 16.5. The molecule has 6 heteroatoms. The summed E-state index contributed by atoms with van der Waals surface area (Å²) in [5, 5.41) is 3.29. The summed E-state index contributed by atoms with van der Waals surface area (Å²) in [5.74, 6) is 0. The van der Waals surface area contributed by atoms with Crippen molar-refractivity contribution in [3.8, 4) is 0 Å². The number of nitrogens with one attached hydrogen (secondary N) is 1. The van der Waals surface area contributed by atoms with Gasteiger partial charge in [-0.15, -0.1) is 0 Å². The number of carbonyl (C=O) groups is 1. The molecule has 0 aromatic heterocycles. The Morgan fingerprint density at radius 1 is 0.966 bits per heavy atom. The first kappa shape index (κ1) is 21.4. The van der Waals surface area contributed by atoms with Crippen molar-refractivity contribution < 1.29 is 9.53 Å². The van der Waals surface area contributed by atoms with E-state index in [9.17, 15) is 4.79 Å². The first-order valence-corrected chi connectivity index (χ1v) is 12.2. The molecule has 29 heavy (non-hydrogen) atoms. The van der Waals surface area contributed by atoms with Crippen LogP contribution in [0.15, 0.2) is 0 Å². The van der Waals surface area contributed by atoms with E-state index in [0.717, 1.165) is 58.2 Å². The summed E-state index contributed by atoms with van der Waals surface area (Å²) < 4.78 is 6.37. The van der Waals surface area contributed by atoms with Crippen LogP contribution in [0.4, 0.5) is 4.79 Å². The lowest BCUT2D eigenvalue weighted by Crippen LogP contribution is -2.58. The highest BCUT2D eigenvalue weighted by Crippen LogP contribution is 2.37. The fraction of sp³-hybridized carbons (Fsp3) is 0.957. The minimum absolute atomic E-state index is 0.000280. The van der Waals surface area contributed by atoms with Crippen LogP contribution in [-0.2, 0) is 4.74 Å². The fourth-order valence-electron chi connectivity index (χ4n) is 5.91. The number of rotatable bonds is 3. The van der Waals surface area contributed by atoms with Gasteiger partial charge in [-0.05, 0) is 52.4 Å². The lowest BCUT2D eigenvalue weighted by atomic mass is 9.81. The Balaban J connectivity index is 1.25. The van der Waals surface area contributed by atoms with Crippen LogP contribution in [0.2, 0.25) is 0 Å². The molecule has 6 nitrogen and oxygen atoms in total. The molecule has 3 saturated heterocycles. The smallest absolute Gasteiger partial charge is 0.317 e. The van der Waals surface area contributed by atoms with Crippen molar-refractivity contribution in [3.05, 3.63) is 0 Å². The number of hydrogen-bond donors (Lipinski definition) is 1. The molecular weight excluding hydrogens is 364 g/mol. The van der Waals surface area contributed by atoms with Crippen molar-refractivity contribution in [2.24, 2.45) is 0 Å². The predicted molar refractivity (Wildman–Crippen MR) is 116 cm³/mol. The second-order valence-electron chi connectivity index (χ2n) is 10.1. The highest BCUT2D eigenvalue weighted by molar-refractivity contribution is 5.74. The molecule has 0 radical (unpaired) electrons. The largest absolute Gasteiger partial charge is 0.375 e. The molecule has 166 valence electrons. The average Bonchev–Trinajstić information content (AvgIpc) is 2.75. The maximum Gasteiger partial charge on any atom is 0.317 e. The molecule has 1 atom stereocenters. The van der Waals surface area contributed by atoms with E-state index in [0.29, 0.717) is 18.1 Å². The molecule has 2 amide bonds. The van der Waals surface area contributed by atoms with Crippen molar-refractivity contribution in [3.63, 3.8) is 0 Å². The number of urea groups is 1. The van der Waals surface area contributed by atoms with Crippen LogP contribution < -0.4 is 5.32 Å². The standard InChI is InChI=1S/C23H42N4O2/c1-19(2)25-13-15-26(16-14-25)21-8-17-29-23(18-21)9-11-27(12-10-23)22(28)24-20-6-4-3-5-7-20/h19-21H,3-18H2,1-2H3,(H,24,28)/t21-/m0/s1. The van der Waals surface area contributed by atoms with Gasteiger partial charge in [-0.25, -0.2) is 4.79 Å². The van der Waals surface area contributed by atoms with Gasteiger partial charge in [0.2, 0.25) is 0 Å². The van der Waals surface area contributed by atoms with Gasteiger partial charge in [-0.3, -0.25) is 9.80 Å². The zero-order chi connectivity index (χ0) is 20.3. The molecule has 0 aromatic rings. The number of amides is 2. The maximum absolute atomic E-state index is 12.7. The van der Waals surface area contributed by atoms with E-state index >= 15 is 0 Å². The molecule has 1 saturated carbocycles. The van der Waals surface area contributed by atoms with Crippen molar-refractivity contribution in [2.75, 3.05) is 45.9 Å². The summed E-state index contributed by atoms with van der Waals surface area (Å²) in [5.41, 5.74) is -0.000280. The topological polar surface area (TPSA) is 48.1 Å². The van der Waals surface area contributed by atoms with Crippen LogP contribution >= 0.6 is 0 Å². The van der Waals surface area contributed by atoms with Gasteiger partial charge < -0.3 is 15.0 Å². The first-order chi connectivity index (χ1) is 14.0. The Bertz CT molecular complexity index is 533. The molecule has 4 aliphatic rings. The van der Waals surface area contributed by atoms with Crippen LogP contribution in [0.5, 0.6) is 0 Å². The van der Waals surface area contributed by atoms with Gasteiger partial charge in [0.25, 0.3) is 0 Å². The minimum Gasteiger partial charge on any atom is -0.375 e. The SMILES string of the molecule is CC(C)N1CCN([C@H]2CCOC3(CCN(C(=O)NC4CCCCC4)CC3)C2)CC1. The molecule has 1 spiro atoms. The number of piperidine rings is 1. The third kappa shape index (κ3) is 5.26. The molecule has 0 unspecified atom stereocenters. The predicted octanol–water partition coefficient (Wildman–Crippen LogP) is 3.07. The average molecular weight is 407 g/mol. The lowest BCUT2D eigenvalue weighted by molar-refractivity contribution is -0.132. The molecule has 0 bridgehead atoms. The summed E-state index contributed by atoms with van der Waals surface area (Å²) in [6.45, 7) is 11.9. The van der Waals surface area contributed by atoms with Crippen LogP contribution in [0, 0.1) is 0 Å². The molecule has 1 N–H and O–H groups in total. The number of nitrogens with zero attached hydrogens (tertiary/aromatic N) is 3. The van der Waals surface area contributed by atoms with Crippen molar-refractivity contribution in [1.29, 1.82) is 0 Å². The van der Waals surface area contributed by atoms with E-state index in [1.165, 1.54) is 45.4 Å². The molecule has 3 heterocycles. The number of ether oxygens (including phenoxy) is 1. The second-order valence-corrected chi connectivity index (χ2v) is 10.1. The zero-order valence-corrected chi connectivity index (χ0v) is 18.7. The fourth-order valence-corrected chi connectivity index (χ4v) is 5.91. The van der Waals surface area contributed by atoms with Crippen molar-refractivity contribution in [2.45, 2.75) is 95.4 Å². The quantitative estimate of drug-likeness (QED) is 0.783.